The van der Waals surface area contributed by atoms with Gasteiger partial charge in [0, 0.05) is 24.0 Å². The predicted molar refractivity (Wildman–Crippen MR) is 105 cm³/mol. The van der Waals surface area contributed by atoms with Crippen LogP contribution >= 0.6 is 11.6 Å². The Bertz CT molecular complexity index is 932. The lowest BCUT2D eigenvalue weighted by Crippen LogP contribution is -2.14. The van der Waals surface area contributed by atoms with E-state index >= 15 is 0 Å². The van der Waals surface area contributed by atoms with Gasteiger partial charge in [-0.2, -0.15) is 5.10 Å². The molecular weight excluding hydrogens is 383 g/mol. The van der Waals surface area contributed by atoms with Crippen LogP contribution in [-0.4, -0.2) is 27.3 Å². The van der Waals surface area contributed by atoms with Gasteiger partial charge in [-0.1, -0.05) is 17.7 Å². The van der Waals surface area contributed by atoms with Gasteiger partial charge in [-0.05, 0) is 48.7 Å². The molecule has 0 unspecified atom stereocenters. The SMILES string of the molecule is O=C(Nc1cnn(CCCCF)c1)c1cc(COc2cccc(Cl)c2)ccn1. The minimum atomic E-state index is -0.340. The van der Waals surface area contributed by atoms with E-state index in [4.69, 9.17) is 16.3 Å². The number of rotatable bonds is 9. The third kappa shape index (κ3) is 5.79. The van der Waals surface area contributed by atoms with Crippen LogP contribution < -0.4 is 10.1 Å². The van der Waals surface area contributed by atoms with Crippen LogP contribution in [0.5, 0.6) is 5.75 Å². The van der Waals surface area contributed by atoms with Crippen molar-refractivity contribution in [3.05, 3.63) is 71.3 Å². The Balaban J connectivity index is 1.57. The number of carbonyl (C=O) groups is 1. The van der Waals surface area contributed by atoms with Gasteiger partial charge in [0.25, 0.3) is 5.91 Å². The topological polar surface area (TPSA) is 69.0 Å². The maximum atomic E-state index is 12.4. The molecule has 0 aliphatic heterocycles. The molecule has 2 aromatic heterocycles. The van der Waals surface area contributed by atoms with Gasteiger partial charge in [0.2, 0.25) is 0 Å². The normalized spacial score (nSPS) is 10.6. The summed E-state index contributed by atoms with van der Waals surface area (Å²) in [5.41, 5.74) is 1.65. The smallest absolute Gasteiger partial charge is 0.274 e. The Morgan fingerprint density at radius 2 is 2.14 bits per heavy atom. The van der Waals surface area contributed by atoms with Gasteiger partial charge in [-0.3, -0.25) is 18.9 Å². The summed E-state index contributed by atoms with van der Waals surface area (Å²) in [6.07, 6.45) is 6.02. The Kier molecular flexibility index (Phi) is 6.97. The van der Waals surface area contributed by atoms with E-state index < -0.39 is 0 Å². The van der Waals surface area contributed by atoms with E-state index in [1.54, 1.807) is 53.6 Å². The molecule has 0 aliphatic carbocycles. The molecule has 0 spiro atoms. The number of halogens is 2. The first kappa shape index (κ1) is 19.8. The first-order valence-corrected chi connectivity index (χ1v) is 9.25. The molecule has 0 atom stereocenters. The summed E-state index contributed by atoms with van der Waals surface area (Å²) < 4.78 is 19.5. The number of benzene rings is 1. The maximum Gasteiger partial charge on any atom is 0.274 e. The van der Waals surface area contributed by atoms with E-state index in [1.165, 1.54) is 0 Å². The van der Waals surface area contributed by atoms with Crippen LogP contribution in [-0.2, 0) is 13.2 Å². The molecule has 146 valence electrons. The van der Waals surface area contributed by atoms with Gasteiger partial charge in [-0.15, -0.1) is 0 Å². The molecule has 0 saturated carbocycles. The Morgan fingerprint density at radius 1 is 1.25 bits per heavy atom. The molecule has 1 N–H and O–H groups in total. The van der Waals surface area contributed by atoms with Gasteiger partial charge < -0.3 is 10.1 Å². The fraction of sp³-hybridized carbons (Fsp3) is 0.250. The number of hydrogen-bond acceptors (Lipinski definition) is 4. The van der Waals surface area contributed by atoms with Crippen molar-refractivity contribution in [1.29, 1.82) is 0 Å². The van der Waals surface area contributed by atoms with E-state index in [1.807, 2.05) is 6.07 Å². The second-order valence-corrected chi connectivity index (χ2v) is 6.57. The highest BCUT2D eigenvalue weighted by molar-refractivity contribution is 6.30. The lowest BCUT2D eigenvalue weighted by molar-refractivity contribution is 0.102. The number of amides is 1. The fourth-order valence-corrected chi connectivity index (χ4v) is 2.71. The summed E-state index contributed by atoms with van der Waals surface area (Å²) in [5, 5.41) is 7.51. The number of nitrogens with zero attached hydrogens (tertiary/aromatic N) is 3. The number of aryl methyl sites for hydroxylation is 1. The maximum absolute atomic E-state index is 12.4. The van der Waals surface area contributed by atoms with E-state index in [-0.39, 0.29) is 24.9 Å². The molecule has 0 aliphatic rings. The van der Waals surface area contributed by atoms with E-state index in [0.717, 1.165) is 5.56 Å². The third-order valence-electron chi connectivity index (χ3n) is 3.92. The van der Waals surface area contributed by atoms with Gasteiger partial charge in [0.05, 0.1) is 18.6 Å². The molecule has 1 aromatic carbocycles. The van der Waals surface area contributed by atoms with Crippen molar-refractivity contribution < 1.29 is 13.9 Å². The largest absolute Gasteiger partial charge is 0.489 e. The van der Waals surface area contributed by atoms with Crippen molar-refractivity contribution >= 4 is 23.2 Å². The molecule has 6 nitrogen and oxygen atoms in total. The summed E-state index contributed by atoms with van der Waals surface area (Å²) in [7, 11) is 0. The molecule has 8 heteroatoms. The summed E-state index contributed by atoms with van der Waals surface area (Å²) in [5.74, 6) is 0.309. The van der Waals surface area contributed by atoms with Crippen LogP contribution in [0.25, 0.3) is 0 Å². The second kappa shape index (κ2) is 9.85. The van der Waals surface area contributed by atoms with Crippen molar-refractivity contribution in [2.45, 2.75) is 26.0 Å². The van der Waals surface area contributed by atoms with Gasteiger partial charge in [0.15, 0.2) is 0 Å². The highest BCUT2D eigenvalue weighted by Gasteiger charge is 2.10. The number of anilines is 1. The highest BCUT2D eigenvalue weighted by atomic mass is 35.5. The summed E-state index contributed by atoms with van der Waals surface area (Å²) >= 11 is 5.94. The van der Waals surface area contributed by atoms with Crippen molar-refractivity contribution in [2.75, 3.05) is 12.0 Å². The van der Waals surface area contributed by atoms with Gasteiger partial charge >= 0.3 is 0 Å². The lowest BCUT2D eigenvalue weighted by atomic mass is 10.2. The predicted octanol–water partition coefficient (Wildman–Crippen LogP) is 4.51. The van der Waals surface area contributed by atoms with Crippen molar-refractivity contribution in [3.63, 3.8) is 0 Å². The molecule has 0 fully saturated rings. The number of carbonyl (C=O) groups excluding carboxylic acids is 1. The minimum Gasteiger partial charge on any atom is -0.489 e. The Labute approximate surface area is 167 Å². The number of pyridine rings is 1. The van der Waals surface area contributed by atoms with E-state index in [0.29, 0.717) is 35.8 Å². The minimum absolute atomic E-state index is 0.275. The molecule has 28 heavy (non-hydrogen) atoms. The molecule has 0 bridgehead atoms. The molecule has 3 rings (SSSR count). The van der Waals surface area contributed by atoms with E-state index in [9.17, 15) is 9.18 Å². The van der Waals surface area contributed by atoms with Crippen LogP contribution in [0.3, 0.4) is 0 Å². The van der Waals surface area contributed by atoms with Crippen molar-refractivity contribution in [3.8, 4) is 5.75 Å². The average molecular weight is 403 g/mol. The molecular formula is C20H20ClFN4O2. The van der Waals surface area contributed by atoms with Crippen LogP contribution in [0, 0.1) is 0 Å². The molecule has 3 aromatic rings. The quantitative estimate of drug-likeness (QED) is 0.534. The average Bonchev–Trinajstić information content (AvgIpc) is 3.14. The Hall–Kier alpha value is -2.93. The van der Waals surface area contributed by atoms with Gasteiger partial charge in [0.1, 0.15) is 18.1 Å². The number of unbranched alkanes of at least 4 members (excludes halogenated alkanes) is 1. The van der Waals surface area contributed by atoms with Crippen molar-refractivity contribution in [2.24, 2.45) is 0 Å². The van der Waals surface area contributed by atoms with Crippen LogP contribution in [0.1, 0.15) is 28.9 Å². The summed E-state index contributed by atoms with van der Waals surface area (Å²) in [4.78, 5) is 16.6. The summed E-state index contributed by atoms with van der Waals surface area (Å²) in [6.45, 7) is 0.553. The molecule has 0 radical (unpaired) electrons. The zero-order chi connectivity index (χ0) is 19.8. The number of ether oxygens (including phenoxy) is 1. The number of nitrogens with one attached hydrogen (secondary N) is 1. The van der Waals surface area contributed by atoms with Crippen LogP contribution in [0.4, 0.5) is 10.1 Å². The van der Waals surface area contributed by atoms with E-state index in [2.05, 4.69) is 15.4 Å². The molecule has 1 amide bonds. The number of hydrogen-bond donors (Lipinski definition) is 1. The monoisotopic (exact) mass is 402 g/mol. The Morgan fingerprint density at radius 3 is 2.96 bits per heavy atom. The lowest BCUT2D eigenvalue weighted by Gasteiger charge is -2.08. The van der Waals surface area contributed by atoms with Gasteiger partial charge in [-0.25, -0.2) is 0 Å². The zero-order valence-corrected chi connectivity index (χ0v) is 15.9. The van der Waals surface area contributed by atoms with Crippen LogP contribution in [0.2, 0.25) is 5.02 Å². The first-order valence-electron chi connectivity index (χ1n) is 8.87. The zero-order valence-electron chi connectivity index (χ0n) is 15.1. The highest BCUT2D eigenvalue weighted by Crippen LogP contribution is 2.18. The number of alkyl halides is 1. The van der Waals surface area contributed by atoms with Crippen molar-refractivity contribution in [1.82, 2.24) is 14.8 Å². The van der Waals surface area contributed by atoms with Crippen LogP contribution in [0.15, 0.2) is 55.0 Å². The number of aromatic nitrogens is 3. The molecule has 2 heterocycles. The first-order chi connectivity index (χ1) is 13.6. The fourth-order valence-electron chi connectivity index (χ4n) is 2.53. The molecule has 0 saturated heterocycles. The second-order valence-electron chi connectivity index (χ2n) is 6.14. The third-order valence-corrected chi connectivity index (χ3v) is 4.16. The summed E-state index contributed by atoms with van der Waals surface area (Å²) in [6, 6.07) is 10.6. The standard InChI is InChI=1S/C20H20ClFN4O2/c21-16-4-3-5-18(11-16)28-14-15-6-8-23-19(10-15)20(27)25-17-12-24-26(13-17)9-2-1-7-22/h3-6,8,10-13H,1-2,7,9,14H2,(H,25,27).